The van der Waals surface area contributed by atoms with E-state index < -0.39 is 11.6 Å². The van der Waals surface area contributed by atoms with Gasteiger partial charge in [0.2, 0.25) is 5.76 Å². The quantitative estimate of drug-likeness (QED) is 0.913. The van der Waals surface area contributed by atoms with Gasteiger partial charge >= 0.3 is 5.97 Å². The van der Waals surface area contributed by atoms with Crippen LogP contribution in [0.1, 0.15) is 30.0 Å². The van der Waals surface area contributed by atoms with Crippen molar-refractivity contribution in [2.75, 3.05) is 14.2 Å². The Morgan fingerprint density at radius 2 is 1.95 bits per heavy atom. The number of methoxy groups -OCH3 is 2. The number of carboxylic acids is 1. The predicted molar refractivity (Wildman–Crippen MR) is 76.1 cm³/mol. The molecule has 0 spiro atoms. The first kappa shape index (κ1) is 15.8. The first-order valence-electron chi connectivity index (χ1n) is 6.43. The van der Waals surface area contributed by atoms with Crippen LogP contribution in [0, 0.1) is 0 Å². The van der Waals surface area contributed by atoms with Crippen molar-refractivity contribution < 1.29 is 28.3 Å². The fraction of sp³-hybridized carbons (Fsp3) is 0.333. The molecule has 0 saturated heterocycles. The SMILES string of the molecule is COc1cc(-c2cc(C(=O)O)on2)cc(C(C)(C)F)c1OC. The van der Waals surface area contributed by atoms with Crippen molar-refractivity contribution in [2.45, 2.75) is 19.5 Å². The maximum atomic E-state index is 14.4. The molecule has 22 heavy (non-hydrogen) atoms. The van der Waals surface area contributed by atoms with Gasteiger partial charge in [-0.15, -0.1) is 0 Å². The lowest BCUT2D eigenvalue weighted by molar-refractivity contribution is 0.0652. The van der Waals surface area contributed by atoms with Crippen molar-refractivity contribution in [1.29, 1.82) is 0 Å². The topological polar surface area (TPSA) is 81.8 Å². The molecule has 0 unspecified atom stereocenters. The zero-order chi connectivity index (χ0) is 16.5. The monoisotopic (exact) mass is 309 g/mol. The van der Waals surface area contributed by atoms with E-state index in [0.29, 0.717) is 11.3 Å². The highest BCUT2D eigenvalue weighted by atomic mass is 19.1. The van der Waals surface area contributed by atoms with Gasteiger partial charge in [-0.05, 0) is 26.0 Å². The maximum Gasteiger partial charge on any atom is 0.374 e. The summed E-state index contributed by atoms with van der Waals surface area (Å²) in [5.74, 6) is -0.933. The van der Waals surface area contributed by atoms with Gasteiger partial charge in [0.15, 0.2) is 11.5 Å². The lowest BCUT2D eigenvalue weighted by Gasteiger charge is -2.21. The summed E-state index contributed by atoms with van der Waals surface area (Å²) in [6.45, 7) is 2.78. The van der Waals surface area contributed by atoms with Gasteiger partial charge in [0, 0.05) is 17.2 Å². The minimum atomic E-state index is -1.69. The van der Waals surface area contributed by atoms with Gasteiger partial charge in [0.1, 0.15) is 11.4 Å². The molecule has 0 aliphatic rings. The molecule has 0 fully saturated rings. The number of alkyl halides is 1. The van der Waals surface area contributed by atoms with E-state index in [2.05, 4.69) is 5.16 Å². The molecule has 0 atom stereocenters. The Labute approximate surface area is 126 Å². The molecule has 1 N–H and O–H groups in total. The van der Waals surface area contributed by atoms with Gasteiger partial charge < -0.3 is 19.1 Å². The average molecular weight is 309 g/mol. The van der Waals surface area contributed by atoms with Crippen LogP contribution in [0.5, 0.6) is 11.5 Å². The number of aromatic carboxylic acids is 1. The molecule has 0 aliphatic carbocycles. The highest BCUT2D eigenvalue weighted by Crippen LogP contribution is 2.42. The number of hydrogen-bond acceptors (Lipinski definition) is 5. The maximum absolute atomic E-state index is 14.4. The third kappa shape index (κ3) is 2.88. The van der Waals surface area contributed by atoms with E-state index in [-0.39, 0.29) is 22.8 Å². The van der Waals surface area contributed by atoms with Crippen molar-refractivity contribution in [3.8, 4) is 22.8 Å². The van der Waals surface area contributed by atoms with Gasteiger partial charge in [0.05, 0.1) is 14.2 Å². The number of ether oxygens (including phenoxy) is 2. The summed E-state index contributed by atoms with van der Waals surface area (Å²) in [7, 11) is 2.85. The summed E-state index contributed by atoms with van der Waals surface area (Å²) in [5.41, 5.74) is -0.684. The fourth-order valence-corrected chi connectivity index (χ4v) is 2.07. The predicted octanol–water partition coefficient (Wildman–Crippen LogP) is 3.26. The van der Waals surface area contributed by atoms with Crippen LogP contribution in [0.4, 0.5) is 4.39 Å². The van der Waals surface area contributed by atoms with E-state index in [1.165, 1.54) is 40.2 Å². The van der Waals surface area contributed by atoms with Crippen molar-refractivity contribution in [3.05, 3.63) is 29.5 Å². The minimum absolute atomic E-state index is 0.267. The van der Waals surface area contributed by atoms with Gasteiger partial charge in [-0.1, -0.05) is 5.16 Å². The molecule has 118 valence electrons. The zero-order valence-corrected chi connectivity index (χ0v) is 12.6. The lowest BCUT2D eigenvalue weighted by Crippen LogP contribution is -2.12. The average Bonchev–Trinajstić information content (AvgIpc) is 2.94. The van der Waals surface area contributed by atoms with Crippen molar-refractivity contribution in [2.24, 2.45) is 0 Å². The Balaban J connectivity index is 2.64. The van der Waals surface area contributed by atoms with Gasteiger partial charge in [-0.3, -0.25) is 0 Å². The van der Waals surface area contributed by atoms with Crippen molar-refractivity contribution >= 4 is 5.97 Å². The second-order valence-electron chi connectivity index (χ2n) is 5.11. The molecule has 7 heteroatoms. The molecule has 1 heterocycles. The molecule has 2 rings (SSSR count). The fourth-order valence-electron chi connectivity index (χ4n) is 2.07. The second-order valence-corrected chi connectivity index (χ2v) is 5.11. The number of hydrogen-bond donors (Lipinski definition) is 1. The first-order valence-corrected chi connectivity index (χ1v) is 6.43. The summed E-state index contributed by atoms with van der Waals surface area (Å²) in [5, 5.41) is 12.6. The van der Waals surface area contributed by atoms with Crippen LogP contribution < -0.4 is 9.47 Å². The van der Waals surface area contributed by atoms with E-state index in [0.717, 1.165) is 0 Å². The molecule has 1 aromatic carbocycles. The molecule has 2 aromatic rings. The van der Waals surface area contributed by atoms with Crippen LogP contribution in [0.2, 0.25) is 0 Å². The number of benzene rings is 1. The molecular weight excluding hydrogens is 293 g/mol. The molecule has 1 aromatic heterocycles. The van der Waals surface area contributed by atoms with Gasteiger partial charge in [-0.2, -0.15) is 0 Å². The van der Waals surface area contributed by atoms with Gasteiger partial charge in [-0.25, -0.2) is 9.18 Å². The molecule has 0 radical (unpaired) electrons. The normalized spacial score (nSPS) is 11.3. The molecular formula is C15H16FNO5. The summed E-state index contributed by atoms with van der Waals surface area (Å²) in [6.07, 6.45) is 0. The van der Waals surface area contributed by atoms with Crippen LogP contribution in [-0.4, -0.2) is 30.5 Å². The Morgan fingerprint density at radius 3 is 2.41 bits per heavy atom. The third-order valence-corrected chi connectivity index (χ3v) is 3.14. The first-order chi connectivity index (χ1) is 10.3. The van der Waals surface area contributed by atoms with E-state index in [1.54, 1.807) is 6.07 Å². The Bertz CT molecular complexity index is 702. The van der Waals surface area contributed by atoms with Crippen LogP contribution in [0.25, 0.3) is 11.3 Å². The van der Waals surface area contributed by atoms with E-state index in [1.807, 2.05) is 0 Å². The number of carbonyl (C=O) groups is 1. The van der Waals surface area contributed by atoms with Crippen molar-refractivity contribution in [3.63, 3.8) is 0 Å². The Kier molecular flexibility index (Phi) is 4.07. The lowest BCUT2D eigenvalue weighted by atomic mass is 9.95. The van der Waals surface area contributed by atoms with E-state index in [4.69, 9.17) is 19.1 Å². The highest BCUT2D eigenvalue weighted by molar-refractivity contribution is 5.85. The van der Waals surface area contributed by atoms with Crippen LogP contribution >= 0.6 is 0 Å². The van der Waals surface area contributed by atoms with Crippen LogP contribution in [0.3, 0.4) is 0 Å². The van der Waals surface area contributed by atoms with Crippen molar-refractivity contribution in [1.82, 2.24) is 5.16 Å². The number of rotatable bonds is 5. The van der Waals surface area contributed by atoms with Crippen LogP contribution in [0.15, 0.2) is 22.7 Å². The Morgan fingerprint density at radius 1 is 1.27 bits per heavy atom. The molecule has 0 saturated carbocycles. The largest absolute Gasteiger partial charge is 0.493 e. The van der Waals surface area contributed by atoms with Gasteiger partial charge in [0.25, 0.3) is 0 Å². The molecule has 6 nitrogen and oxygen atoms in total. The molecule has 0 bridgehead atoms. The zero-order valence-electron chi connectivity index (χ0n) is 12.6. The van der Waals surface area contributed by atoms with Crippen LogP contribution in [-0.2, 0) is 5.67 Å². The summed E-state index contributed by atoms with van der Waals surface area (Å²) in [6, 6.07) is 4.38. The highest BCUT2D eigenvalue weighted by Gasteiger charge is 2.27. The van der Waals surface area contributed by atoms with E-state index >= 15 is 0 Å². The number of halogens is 1. The summed E-state index contributed by atoms with van der Waals surface area (Å²) >= 11 is 0. The molecule has 0 aliphatic heterocycles. The third-order valence-electron chi connectivity index (χ3n) is 3.14. The summed E-state index contributed by atoms with van der Waals surface area (Å²) < 4.78 is 29.6. The number of nitrogens with zero attached hydrogens (tertiary/aromatic N) is 1. The number of aromatic nitrogens is 1. The molecule has 0 amide bonds. The minimum Gasteiger partial charge on any atom is -0.493 e. The standard InChI is InChI=1S/C15H16FNO5/c1-15(2,16)9-5-8(6-11(20-3)13(9)21-4)10-7-12(14(18)19)22-17-10/h5-7H,1-4H3,(H,18,19). The smallest absolute Gasteiger partial charge is 0.374 e. The van der Waals surface area contributed by atoms with E-state index in [9.17, 15) is 9.18 Å². The summed E-state index contributed by atoms with van der Waals surface area (Å²) in [4.78, 5) is 10.9. The second kappa shape index (κ2) is 5.67. The Hall–Kier alpha value is -2.57. The number of carboxylic acid groups (broad SMARTS) is 1.